The monoisotopic (exact) mass is 428 g/mol. The van der Waals surface area contributed by atoms with E-state index in [4.69, 9.17) is 4.98 Å². The van der Waals surface area contributed by atoms with Crippen LogP contribution in [0.5, 0.6) is 0 Å². The van der Waals surface area contributed by atoms with Gasteiger partial charge in [-0.3, -0.25) is 9.78 Å². The number of hydrogen-bond acceptors (Lipinski definition) is 5. The van der Waals surface area contributed by atoms with Gasteiger partial charge in [0.05, 0.1) is 22.8 Å². The summed E-state index contributed by atoms with van der Waals surface area (Å²) in [6, 6.07) is 6.30. The van der Waals surface area contributed by atoms with Crippen LogP contribution in [-0.4, -0.2) is 68.1 Å². The molecule has 8 nitrogen and oxygen atoms in total. The number of imidazole rings is 1. The summed E-state index contributed by atoms with van der Waals surface area (Å²) in [5.41, 5.74) is 6.10. The number of para-hydroxylation sites is 1. The smallest absolute Gasteiger partial charge is 0.159 e. The molecular weight excluding hydrogens is 400 g/mol. The van der Waals surface area contributed by atoms with Crippen LogP contribution in [0.4, 0.5) is 5.69 Å². The maximum atomic E-state index is 4.92. The SMILES string of the molecule is C=c1c(-c2nc3c(N4CCN(C)CC4)cccc3[nH]2)n[nH]/c1=C/C=C(\C)c1cnn(C)c1. The molecule has 1 aliphatic heterocycles. The Morgan fingerprint density at radius 1 is 1.16 bits per heavy atom. The number of likely N-dealkylation sites (N-methyl/N-ethyl adjacent to an activating group) is 1. The van der Waals surface area contributed by atoms with Gasteiger partial charge in [-0.05, 0) is 37.8 Å². The Hall–Kier alpha value is -3.65. The number of piperazine rings is 1. The van der Waals surface area contributed by atoms with Crippen molar-refractivity contribution in [3.8, 4) is 11.5 Å². The number of nitrogens with zero attached hydrogens (tertiary/aromatic N) is 6. The molecule has 2 N–H and O–H groups in total. The molecule has 4 heterocycles. The second kappa shape index (κ2) is 8.12. The quantitative estimate of drug-likeness (QED) is 0.517. The van der Waals surface area contributed by atoms with Crippen molar-refractivity contribution in [2.24, 2.45) is 7.05 Å². The lowest BCUT2D eigenvalue weighted by molar-refractivity contribution is 0.313. The van der Waals surface area contributed by atoms with Crippen molar-refractivity contribution in [3.05, 3.63) is 52.8 Å². The average Bonchev–Trinajstić information content (AvgIpc) is 3.50. The van der Waals surface area contributed by atoms with Crippen molar-refractivity contribution in [2.45, 2.75) is 6.92 Å². The van der Waals surface area contributed by atoms with Gasteiger partial charge in [-0.1, -0.05) is 18.7 Å². The molecule has 3 aromatic heterocycles. The summed E-state index contributed by atoms with van der Waals surface area (Å²) in [5, 5.41) is 13.5. The third-order valence-electron chi connectivity index (χ3n) is 6.12. The van der Waals surface area contributed by atoms with Gasteiger partial charge < -0.3 is 14.8 Å². The normalized spacial score (nSPS) is 16.4. The summed E-state index contributed by atoms with van der Waals surface area (Å²) in [4.78, 5) is 13.1. The van der Waals surface area contributed by atoms with Gasteiger partial charge in [0.25, 0.3) is 0 Å². The molecule has 0 atom stereocenters. The highest BCUT2D eigenvalue weighted by molar-refractivity contribution is 5.91. The van der Waals surface area contributed by atoms with Gasteiger partial charge in [0.1, 0.15) is 11.2 Å². The third-order valence-corrected chi connectivity index (χ3v) is 6.12. The van der Waals surface area contributed by atoms with Crippen LogP contribution in [-0.2, 0) is 7.05 Å². The van der Waals surface area contributed by atoms with E-state index in [1.54, 1.807) is 4.68 Å². The fourth-order valence-electron chi connectivity index (χ4n) is 4.07. The fourth-order valence-corrected chi connectivity index (χ4v) is 4.07. The van der Waals surface area contributed by atoms with Crippen LogP contribution >= 0.6 is 0 Å². The van der Waals surface area contributed by atoms with Gasteiger partial charge in [0.15, 0.2) is 5.82 Å². The van der Waals surface area contributed by atoms with Crippen molar-refractivity contribution in [3.63, 3.8) is 0 Å². The summed E-state index contributed by atoms with van der Waals surface area (Å²) in [5.74, 6) is 0.732. The van der Waals surface area contributed by atoms with Gasteiger partial charge in [-0.2, -0.15) is 10.2 Å². The lowest BCUT2D eigenvalue weighted by atomic mass is 10.1. The lowest BCUT2D eigenvalue weighted by Crippen LogP contribution is -2.44. The summed E-state index contributed by atoms with van der Waals surface area (Å²) >= 11 is 0. The average molecular weight is 429 g/mol. The molecule has 0 saturated carbocycles. The number of H-pyrrole nitrogens is 2. The lowest BCUT2D eigenvalue weighted by Gasteiger charge is -2.34. The van der Waals surface area contributed by atoms with E-state index in [9.17, 15) is 0 Å². The first-order valence-electron chi connectivity index (χ1n) is 10.8. The fraction of sp³-hybridized carbons (Fsp3) is 0.292. The van der Waals surface area contributed by atoms with E-state index in [-0.39, 0.29) is 0 Å². The Bertz CT molecular complexity index is 1400. The number of allylic oxidation sites excluding steroid dienone is 2. The van der Waals surface area contributed by atoms with Gasteiger partial charge in [0, 0.05) is 50.2 Å². The molecule has 1 aliphatic rings. The van der Waals surface area contributed by atoms with Crippen molar-refractivity contribution in [2.75, 3.05) is 38.1 Å². The zero-order valence-electron chi connectivity index (χ0n) is 18.8. The molecule has 1 saturated heterocycles. The molecule has 164 valence electrons. The number of anilines is 1. The number of benzene rings is 1. The van der Waals surface area contributed by atoms with Crippen LogP contribution in [0.1, 0.15) is 12.5 Å². The molecule has 4 aromatic rings. The van der Waals surface area contributed by atoms with E-state index in [2.05, 4.69) is 68.8 Å². The topological polar surface area (TPSA) is 81.7 Å². The zero-order valence-corrected chi connectivity index (χ0v) is 18.8. The van der Waals surface area contributed by atoms with Crippen molar-refractivity contribution >= 4 is 34.9 Å². The minimum atomic E-state index is 0.732. The van der Waals surface area contributed by atoms with Crippen molar-refractivity contribution in [1.29, 1.82) is 0 Å². The molecule has 0 bridgehead atoms. The van der Waals surface area contributed by atoms with E-state index < -0.39 is 0 Å². The van der Waals surface area contributed by atoms with Gasteiger partial charge in [-0.25, -0.2) is 4.98 Å². The molecule has 0 spiro atoms. The van der Waals surface area contributed by atoms with Gasteiger partial charge >= 0.3 is 0 Å². The Balaban J connectivity index is 1.48. The van der Waals surface area contributed by atoms with Crippen molar-refractivity contribution < 1.29 is 0 Å². The highest BCUT2D eigenvalue weighted by Crippen LogP contribution is 2.27. The highest BCUT2D eigenvalue weighted by Gasteiger charge is 2.19. The number of fused-ring (bicyclic) bond motifs is 1. The minimum Gasteiger partial charge on any atom is -0.367 e. The first-order chi connectivity index (χ1) is 15.5. The molecule has 0 unspecified atom stereocenters. The summed E-state index contributed by atoms with van der Waals surface area (Å²) < 4.78 is 1.80. The highest BCUT2D eigenvalue weighted by atomic mass is 15.3. The standard InChI is InChI=1S/C24H28N8/c1-16(18-14-25-31(4)15-18)8-9-19-17(2)22(29-28-19)24-26-20-6-5-7-21(23(20)27-24)32-12-10-30(3)11-13-32/h5-9,14-15,28H,2,10-13H2,1,3-4H3,(H,26,27)/b16-8+,19-9+. The third kappa shape index (κ3) is 3.73. The van der Waals surface area contributed by atoms with Crippen LogP contribution in [0.25, 0.3) is 40.8 Å². The molecular formula is C24H28N8. The minimum absolute atomic E-state index is 0.732. The Morgan fingerprint density at radius 3 is 2.72 bits per heavy atom. The summed E-state index contributed by atoms with van der Waals surface area (Å²) in [6.07, 6.45) is 7.90. The number of rotatable bonds is 4. The van der Waals surface area contributed by atoms with E-state index >= 15 is 0 Å². The van der Waals surface area contributed by atoms with Crippen LogP contribution < -0.4 is 15.5 Å². The molecule has 5 rings (SSSR count). The second-order valence-corrected chi connectivity index (χ2v) is 8.43. The molecule has 1 aromatic carbocycles. The molecule has 1 fully saturated rings. The Morgan fingerprint density at radius 2 is 1.97 bits per heavy atom. The predicted octanol–water partition coefficient (Wildman–Crippen LogP) is 1.73. The summed E-state index contributed by atoms with van der Waals surface area (Å²) in [6.45, 7) is 10.4. The van der Waals surface area contributed by atoms with Crippen molar-refractivity contribution in [1.82, 2.24) is 34.8 Å². The van der Waals surface area contributed by atoms with Crippen LogP contribution in [0.2, 0.25) is 0 Å². The van der Waals surface area contributed by atoms with Gasteiger partial charge in [0.2, 0.25) is 0 Å². The number of aromatic amines is 2. The predicted molar refractivity (Wildman–Crippen MR) is 129 cm³/mol. The van der Waals surface area contributed by atoms with Crippen LogP contribution in [0.15, 0.2) is 36.7 Å². The second-order valence-electron chi connectivity index (χ2n) is 8.43. The number of aryl methyl sites for hydroxylation is 1. The largest absolute Gasteiger partial charge is 0.367 e. The van der Waals surface area contributed by atoms with E-state index in [0.717, 1.165) is 70.4 Å². The first kappa shape index (κ1) is 20.3. The van der Waals surface area contributed by atoms with Crippen LogP contribution in [0, 0.1) is 0 Å². The number of aromatic nitrogens is 6. The number of nitrogens with one attached hydrogen (secondary N) is 2. The first-order valence-corrected chi connectivity index (χ1v) is 10.8. The van der Waals surface area contributed by atoms with E-state index in [1.165, 1.54) is 5.69 Å². The van der Waals surface area contributed by atoms with E-state index in [0.29, 0.717) is 0 Å². The van der Waals surface area contributed by atoms with Gasteiger partial charge in [-0.15, -0.1) is 0 Å². The Labute approximate surface area is 186 Å². The number of hydrogen-bond donors (Lipinski definition) is 2. The molecule has 8 heteroatoms. The maximum Gasteiger partial charge on any atom is 0.159 e. The van der Waals surface area contributed by atoms with E-state index in [1.807, 2.05) is 31.6 Å². The Kier molecular flexibility index (Phi) is 5.14. The van der Waals surface area contributed by atoms with Crippen LogP contribution in [0.3, 0.4) is 0 Å². The molecule has 32 heavy (non-hydrogen) atoms. The maximum absolute atomic E-state index is 4.92. The molecule has 0 amide bonds. The molecule has 0 radical (unpaired) electrons. The summed E-state index contributed by atoms with van der Waals surface area (Å²) in [7, 11) is 4.08. The molecule has 0 aliphatic carbocycles. The zero-order chi connectivity index (χ0) is 22.2.